The average molecular weight is 536 g/mol. The van der Waals surface area contributed by atoms with Crippen LogP contribution in [0.3, 0.4) is 0 Å². The van der Waals surface area contributed by atoms with Crippen LogP contribution in [0, 0.1) is 12.9 Å². The van der Waals surface area contributed by atoms with Gasteiger partial charge < -0.3 is 9.84 Å². The quantitative estimate of drug-likeness (QED) is 0.350. The summed E-state index contributed by atoms with van der Waals surface area (Å²) in [5.74, 6) is -1.13. The van der Waals surface area contributed by atoms with Gasteiger partial charge in [0.25, 0.3) is 5.56 Å². The van der Waals surface area contributed by atoms with Crippen LogP contribution >= 0.6 is 0 Å². The van der Waals surface area contributed by atoms with E-state index >= 15 is 0 Å². The first kappa shape index (κ1) is 25.7. The highest BCUT2D eigenvalue weighted by Gasteiger charge is 2.34. The maximum atomic E-state index is 13.9. The molecule has 4 aromatic rings. The number of sulfone groups is 1. The number of rotatable bonds is 7. The number of pyridine rings is 1. The second-order valence-corrected chi connectivity index (χ2v) is 10.9. The third-order valence-electron chi connectivity index (χ3n) is 6.87. The van der Waals surface area contributed by atoms with Gasteiger partial charge in [0.1, 0.15) is 12.4 Å². The van der Waals surface area contributed by atoms with E-state index in [1.807, 2.05) is 24.3 Å². The number of nitrogens with zero attached hydrogens (tertiary/aromatic N) is 3. The van der Waals surface area contributed by atoms with Crippen molar-refractivity contribution in [1.82, 2.24) is 14.5 Å². The molecular formula is C28H26FN3O5S. The molecular weight excluding hydrogens is 509 g/mol. The highest BCUT2D eigenvalue weighted by atomic mass is 32.2. The van der Waals surface area contributed by atoms with E-state index in [1.54, 1.807) is 19.9 Å². The molecule has 2 aromatic heterocycles. The van der Waals surface area contributed by atoms with E-state index in [4.69, 9.17) is 4.74 Å². The second kappa shape index (κ2) is 10.1. The Morgan fingerprint density at radius 3 is 2.61 bits per heavy atom. The van der Waals surface area contributed by atoms with Gasteiger partial charge >= 0.3 is 0 Å². The summed E-state index contributed by atoms with van der Waals surface area (Å²) in [6, 6.07) is 14.6. The van der Waals surface area contributed by atoms with Crippen molar-refractivity contribution in [2.45, 2.75) is 49.1 Å². The topological polar surface area (TPSA) is 111 Å². The molecule has 196 valence electrons. The monoisotopic (exact) mass is 535 g/mol. The molecule has 0 saturated heterocycles. The van der Waals surface area contributed by atoms with E-state index < -0.39 is 38.2 Å². The standard InChI is InChI=1S/C28H26FN3O5S/c1-3-37-16-24-31-27(33)25(28(34)32(24)23-13-10-18-6-4-5-7-22(18)23)38(35,36)20-11-8-19(9-12-20)21-14-15-30-26(29)17(21)2/h4-9,11-12,14-15,23,34H,3,10,13,16H2,1-2H3/t23-/m0/s1. The van der Waals surface area contributed by atoms with E-state index in [-0.39, 0.29) is 17.3 Å². The molecule has 0 spiro atoms. The summed E-state index contributed by atoms with van der Waals surface area (Å²) < 4.78 is 48.2. The van der Waals surface area contributed by atoms with E-state index in [0.29, 0.717) is 29.7 Å². The molecule has 0 fully saturated rings. The lowest BCUT2D eigenvalue weighted by atomic mass is 10.0. The first-order valence-electron chi connectivity index (χ1n) is 12.2. The van der Waals surface area contributed by atoms with Crippen LogP contribution in [0.1, 0.15) is 41.9 Å². The lowest BCUT2D eigenvalue weighted by Gasteiger charge is -2.23. The minimum absolute atomic E-state index is 0.0607. The van der Waals surface area contributed by atoms with Gasteiger partial charge in [0, 0.05) is 18.4 Å². The van der Waals surface area contributed by atoms with Crippen molar-refractivity contribution in [1.29, 1.82) is 0 Å². The number of aryl methyl sites for hydroxylation is 1. The molecule has 0 bridgehead atoms. The summed E-state index contributed by atoms with van der Waals surface area (Å²) in [5.41, 5.74) is 2.43. The van der Waals surface area contributed by atoms with Crippen molar-refractivity contribution in [3.05, 3.63) is 99.6 Å². The summed E-state index contributed by atoms with van der Waals surface area (Å²) in [6.07, 6.45) is 2.67. The van der Waals surface area contributed by atoms with Crippen LogP contribution in [0.4, 0.5) is 4.39 Å². The highest BCUT2D eigenvalue weighted by molar-refractivity contribution is 7.91. The van der Waals surface area contributed by atoms with Gasteiger partial charge in [0.05, 0.1) is 10.9 Å². The Bertz CT molecular complexity index is 1680. The van der Waals surface area contributed by atoms with Crippen molar-refractivity contribution in [2.24, 2.45) is 0 Å². The largest absolute Gasteiger partial charge is 0.493 e. The number of ether oxygens (including phenoxy) is 1. The number of fused-ring (bicyclic) bond motifs is 1. The molecule has 0 aliphatic heterocycles. The number of aromatic hydroxyl groups is 1. The number of benzene rings is 2. The molecule has 1 aliphatic rings. The van der Waals surface area contributed by atoms with Crippen molar-refractivity contribution in [3.63, 3.8) is 0 Å². The van der Waals surface area contributed by atoms with E-state index in [1.165, 1.54) is 35.0 Å². The molecule has 8 nitrogen and oxygen atoms in total. The summed E-state index contributed by atoms with van der Waals surface area (Å²) in [7, 11) is -4.46. The van der Waals surface area contributed by atoms with Gasteiger partial charge in [-0.05, 0) is 67.1 Å². The van der Waals surface area contributed by atoms with Crippen LogP contribution in [0.25, 0.3) is 11.1 Å². The molecule has 0 radical (unpaired) electrons. The predicted octanol–water partition coefficient (Wildman–Crippen LogP) is 4.36. The Morgan fingerprint density at radius 2 is 1.87 bits per heavy atom. The predicted molar refractivity (Wildman–Crippen MR) is 138 cm³/mol. The van der Waals surface area contributed by atoms with Gasteiger partial charge in [-0.1, -0.05) is 36.4 Å². The first-order chi connectivity index (χ1) is 18.2. The Balaban J connectivity index is 1.62. The van der Waals surface area contributed by atoms with E-state index in [0.717, 1.165) is 17.5 Å². The van der Waals surface area contributed by atoms with Crippen LogP contribution in [0.2, 0.25) is 0 Å². The number of hydrogen-bond donors (Lipinski definition) is 1. The Kier molecular flexibility index (Phi) is 6.85. The summed E-state index contributed by atoms with van der Waals surface area (Å²) in [6.45, 7) is 3.66. The zero-order chi connectivity index (χ0) is 27.0. The van der Waals surface area contributed by atoms with Gasteiger partial charge in [-0.15, -0.1) is 0 Å². The molecule has 38 heavy (non-hydrogen) atoms. The second-order valence-electron chi connectivity index (χ2n) is 9.05. The first-order valence-corrected chi connectivity index (χ1v) is 13.7. The Morgan fingerprint density at radius 1 is 1.13 bits per heavy atom. The SMILES string of the molecule is CCOCc1nc(=O)c(S(=O)(=O)c2ccc(-c3ccnc(F)c3C)cc2)c(O)n1[C@H]1CCc2ccccc21. The molecule has 1 N–H and O–H groups in total. The fourth-order valence-corrected chi connectivity index (χ4v) is 6.31. The van der Waals surface area contributed by atoms with Crippen molar-refractivity contribution in [2.75, 3.05) is 6.61 Å². The van der Waals surface area contributed by atoms with Gasteiger partial charge in [0.2, 0.25) is 21.7 Å². The minimum Gasteiger partial charge on any atom is -0.493 e. The summed E-state index contributed by atoms with van der Waals surface area (Å²) >= 11 is 0. The van der Waals surface area contributed by atoms with Crippen LogP contribution < -0.4 is 5.56 Å². The van der Waals surface area contributed by atoms with Crippen LogP contribution in [0.5, 0.6) is 5.88 Å². The average Bonchev–Trinajstić information content (AvgIpc) is 3.32. The van der Waals surface area contributed by atoms with Crippen LogP contribution in [0.15, 0.2) is 75.4 Å². The highest BCUT2D eigenvalue weighted by Crippen LogP contribution is 2.39. The van der Waals surface area contributed by atoms with Crippen molar-refractivity contribution in [3.8, 4) is 17.0 Å². The van der Waals surface area contributed by atoms with Crippen molar-refractivity contribution >= 4 is 9.84 Å². The lowest BCUT2D eigenvalue weighted by Crippen LogP contribution is -2.27. The third kappa shape index (κ3) is 4.39. The van der Waals surface area contributed by atoms with E-state index in [2.05, 4.69) is 9.97 Å². The molecule has 1 atom stereocenters. The van der Waals surface area contributed by atoms with Gasteiger partial charge in [0.15, 0.2) is 4.90 Å². The molecule has 0 amide bonds. The number of aromatic nitrogens is 3. The summed E-state index contributed by atoms with van der Waals surface area (Å²) in [4.78, 5) is 19.8. The van der Waals surface area contributed by atoms with Crippen molar-refractivity contribution < 1.29 is 22.7 Å². The van der Waals surface area contributed by atoms with Crippen LogP contribution in [-0.2, 0) is 27.6 Å². The fraction of sp³-hybridized carbons (Fsp3) is 0.250. The molecule has 10 heteroatoms. The number of hydrogen-bond acceptors (Lipinski definition) is 7. The molecule has 1 aliphatic carbocycles. The Labute approximate surface area is 219 Å². The molecule has 5 rings (SSSR count). The smallest absolute Gasteiger partial charge is 0.296 e. The van der Waals surface area contributed by atoms with Crippen LogP contribution in [-0.4, -0.2) is 34.7 Å². The van der Waals surface area contributed by atoms with Gasteiger partial charge in [-0.2, -0.15) is 9.37 Å². The van der Waals surface area contributed by atoms with E-state index in [9.17, 15) is 22.7 Å². The van der Waals surface area contributed by atoms with Gasteiger partial charge in [-0.3, -0.25) is 9.36 Å². The number of halogens is 1. The van der Waals surface area contributed by atoms with Gasteiger partial charge in [-0.25, -0.2) is 13.4 Å². The minimum atomic E-state index is -4.46. The Hall–Kier alpha value is -3.89. The normalized spacial score (nSPS) is 15.0. The lowest BCUT2D eigenvalue weighted by molar-refractivity contribution is 0.121. The maximum absolute atomic E-state index is 13.9. The molecule has 0 unspecified atom stereocenters. The molecule has 2 aromatic carbocycles. The zero-order valence-electron chi connectivity index (χ0n) is 20.9. The molecule has 2 heterocycles. The molecule has 0 saturated carbocycles. The summed E-state index contributed by atoms with van der Waals surface area (Å²) in [5, 5.41) is 11.4. The maximum Gasteiger partial charge on any atom is 0.296 e. The zero-order valence-corrected chi connectivity index (χ0v) is 21.7. The third-order valence-corrected chi connectivity index (χ3v) is 8.66. The fourth-order valence-electron chi connectivity index (χ4n) is 4.96.